The van der Waals surface area contributed by atoms with Gasteiger partial charge in [0.05, 0.1) is 0 Å². The zero-order chi connectivity index (χ0) is 22.3. The molecule has 1 amide bonds. The maximum absolute atomic E-state index is 12.6. The summed E-state index contributed by atoms with van der Waals surface area (Å²) in [5.74, 6) is 0.894. The number of carbonyl (C=O) groups excluding carboxylic acids is 1. The number of hydrogen-bond acceptors (Lipinski definition) is 4. The van der Waals surface area contributed by atoms with E-state index in [2.05, 4.69) is 54.1 Å². The van der Waals surface area contributed by atoms with Crippen LogP contribution in [0, 0.1) is 0 Å². The first-order valence-electron chi connectivity index (χ1n) is 11.0. The van der Waals surface area contributed by atoms with Crippen LogP contribution in [0.3, 0.4) is 0 Å². The molecule has 0 aromatic heterocycles. The molecule has 1 aliphatic heterocycles. The van der Waals surface area contributed by atoms with Crippen LogP contribution >= 0.6 is 0 Å². The Morgan fingerprint density at radius 1 is 0.968 bits per heavy atom. The van der Waals surface area contributed by atoms with Crippen LogP contribution in [0.4, 0.5) is 0 Å². The fourth-order valence-corrected chi connectivity index (χ4v) is 4.03. The van der Waals surface area contributed by atoms with Crippen LogP contribution in [0.5, 0.6) is 5.75 Å². The minimum Gasteiger partial charge on any atom is -0.489 e. The number of hydrogen-bond donors (Lipinski definition) is 3. The Morgan fingerprint density at radius 3 is 2.42 bits per heavy atom. The van der Waals surface area contributed by atoms with E-state index in [4.69, 9.17) is 4.74 Å². The van der Waals surface area contributed by atoms with Crippen LogP contribution < -0.4 is 20.7 Å². The van der Waals surface area contributed by atoms with Crippen LogP contribution in [0.1, 0.15) is 45.2 Å². The van der Waals surface area contributed by atoms with Crippen molar-refractivity contribution in [1.29, 1.82) is 0 Å². The molecule has 1 aliphatic rings. The topological polar surface area (TPSA) is 62.4 Å². The van der Waals surface area contributed by atoms with Crippen molar-refractivity contribution in [2.45, 2.75) is 58.3 Å². The Hall–Kier alpha value is -2.63. The first-order valence-corrected chi connectivity index (χ1v) is 11.0. The molecule has 31 heavy (non-hydrogen) atoms. The summed E-state index contributed by atoms with van der Waals surface area (Å²) in [7, 11) is 0. The van der Waals surface area contributed by atoms with Crippen molar-refractivity contribution in [1.82, 2.24) is 16.0 Å². The zero-order valence-electron chi connectivity index (χ0n) is 19.1. The van der Waals surface area contributed by atoms with Gasteiger partial charge in [0.2, 0.25) is 5.91 Å². The van der Waals surface area contributed by atoms with Crippen molar-refractivity contribution >= 4 is 5.91 Å². The summed E-state index contributed by atoms with van der Waals surface area (Å²) < 4.78 is 5.90. The summed E-state index contributed by atoms with van der Waals surface area (Å²) in [6.07, 6.45) is 2.91. The maximum Gasteiger partial charge on any atom is 0.248 e. The van der Waals surface area contributed by atoms with Crippen LogP contribution in [0.15, 0.2) is 66.2 Å². The third kappa shape index (κ3) is 6.94. The van der Waals surface area contributed by atoms with Gasteiger partial charge in [-0.1, -0.05) is 48.5 Å². The van der Waals surface area contributed by atoms with Gasteiger partial charge in [-0.2, -0.15) is 0 Å². The van der Waals surface area contributed by atoms with E-state index in [9.17, 15) is 4.79 Å². The molecular formula is C26H35N3O2. The first kappa shape index (κ1) is 23.0. The van der Waals surface area contributed by atoms with Gasteiger partial charge in [0.1, 0.15) is 12.4 Å². The Balaban J connectivity index is 1.35. The lowest BCUT2D eigenvalue weighted by atomic mass is 9.96. The molecule has 0 aliphatic carbocycles. The smallest absolute Gasteiger partial charge is 0.248 e. The average molecular weight is 422 g/mol. The summed E-state index contributed by atoms with van der Waals surface area (Å²) in [4.78, 5) is 12.6. The molecule has 1 heterocycles. The summed E-state index contributed by atoms with van der Waals surface area (Å²) >= 11 is 0. The van der Waals surface area contributed by atoms with E-state index in [0.717, 1.165) is 36.4 Å². The van der Waals surface area contributed by atoms with Gasteiger partial charge in [-0.15, -0.1) is 0 Å². The van der Waals surface area contributed by atoms with E-state index < -0.39 is 0 Å². The highest BCUT2D eigenvalue weighted by Gasteiger charge is 2.39. The van der Waals surface area contributed by atoms with Gasteiger partial charge in [0.25, 0.3) is 0 Å². The molecule has 3 rings (SSSR count). The van der Waals surface area contributed by atoms with E-state index >= 15 is 0 Å². The fraction of sp³-hybridized carbons (Fsp3) is 0.423. The second kappa shape index (κ2) is 10.1. The molecule has 3 N–H and O–H groups in total. The molecule has 2 aromatic carbocycles. The van der Waals surface area contributed by atoms with Crippen molar-refractivity contribution < 1.29 is 9.53 Å². The second-order valence-electron chi connectivity index (χ2n) is 9.24. The Kier molecular flexibility index (Phi) is 7.52. The number of nitrogens with one attached hydrogen (secondary N) is 3. The Labute approximate surface area is 186 Å². The van der Waals surface area contributed by atoms with Crippen molar-refractivity contribution in [3.63, 3.8) is 0 Å². The number of carbonyl (C=O) groups is 1. The summed E-state index contributed by atoms with van der Waals surface area (Å²) in [5, 5.41) is 9.97. The number of ether oxygens (including phenoxy) is 1. The normalized spacial score (nSPS) is 16.6. The van der Waals surface area contributed by atoms with Gasteiger partial charge >= 0.3 is 0 Å². The number of benzene rings is 2. The molecular weight excluding hydrogens is 386 g/mol. The predicted octanol–water partition coefficient (Wildman–Crippen LogP) is 3.95. The highest BCUT2D eigenvalue weighted by atomic mass is 16.5. The van der Waals surface area contributed by atoms with Gasteiger partial charge in [-0.05, 0) is 63.9 Å². The molecule has 2 aromatic rings. The molecule has 0 spiro atoms. The summed E-state index contributed by atoms with van der Waals surface area (Å²) in [6, 6.07) is 18.3. The van der Waals surface area contributed by atoms with Crippen molar-refractivity contribution in [3.8, 4) is 5.75 Å². The molecule has 166 valence electrons. The van der Waals surface area contributed by atoms with Crippen LogP contribution in [-0.4, -0.2) is 30.1 Å². The van der Waals surface area contributed by atoms with E-state index in [1.54, 1.807) is 0 Å². The molecule has 0 saturated heterocycles. The second-order valence-corrected chi connectivity index (χ2v) is 9.24. The molecule has 0 saturated carbocycles. The minimum absolute atomic E-state index is 0.0198. The monoisotopic (exact) mass is 421 g/mol. The molecule has 0 radical (unpaired) electrons. The standard InChI is InChI=1S/C26H35N3O2/c1-25(2)17-23(26(3,4)29-25)24(30)28-15-9-14-27-18-21-12-8-13-22(16-21)31-19-20-10-6-5-7-11-20/h5-8,10-13,16-17,27,29H,9,14-15,18-19H2,1-4H3,(H,28,30). The van der Waals surface area contributed by atoms with Crippen LogP contribution in [0.25, 0.3) is 0 Å². The number of amides is 1. The average Bonchev–Trinajstić information content (AvgIpc) is 2.97. The maximum atomic E-state index is 12.6. The third-order valence-corrected chi connectivity index (χ3v) is 5.35. The first-order chi connectivity index (χ1) is 14.8. The van der Waals surface area contributed by atoms with Gasteiger partial charge in [0.15, 0.2) is 0 Å². The van der Waals surface area contributed by atoms with E-state index in [1.807, 2.05) is 50.3 Å². The lowest BCUT2D eigenvalue weighted by Gasteiger charge is -2.27. The van der Waals surface area contributed by atoms with E-state index in [-0.39, 0.29) is 17.0 Å². The molecule has 0 bridgehead atoms. The van der Waals surface area contributed by atoms with Gasteiger partial charge in [-0.25, -0.2) is 0 Å². The zero-order valence-corrected chi connectivity index (χ0v) is 19.1. The van der Waals surface area contributed by atoms with Crippen molar-refractivity contribution in [3.05, 3.63) is 77.4 Å². The highest BCUT2D eigenvalue weighted by molar-refractivity contribution is 5.96. The fourth-order valence-electron chi connectivity index (χ4n) is 4.03. The molecule has 0 atom stereocenters. The van der Waals surface area contributed by atoms with E-state index in [0.29, 0.717) is 13.2 Å². The molecule has 5 heteroatoms. The highest BCUT2D eigenvalue weighted by Crippen LogP contribution is 2.29. The number of rotatable bonds is 10. The van der Waals surface area contributed by atoms with Gasteiger partial charge < -0.3 is 15.4 Å². The minimum atomic E-state index is -0.306. The quantitative estimate of drug-likeness (QED) is 0.509. The molecule has 0 fully saturated rings. The van der Waals surface area contributed by atoms with Crippen LogP contribution in [-0.2, 0) is 17.9 Å². The lowest BCUT2D eigenvalue weighted by Crippen LogP contribution is -2.47. The van der Waals surface area contributed by atoms with Crippen molar-refractivity contribution in [2.24, 2.45) is 0 Å². The largest absolute Gasteiger partial charge is 0.489 e. The Bertz CT molecular complexity index is 904. The van der Waals surface area contributed by atoms with E-state index in [1.165, 1.54) is 5.56 Å². The summed E-state index contributed by atoms with van der Waals surface area (Å²) in [6.45, 7) is 11.1. The SMILES string of the molecule is CC1(C)C=C(C(=O)NCCCNCc2cccc(OCc3ccccc3)c2)C(C)(C)N1. The predicted molar refractivity (Wildman–Crippen MR) is 126 cm³/mol. The molecule has 5 nitrogen and oxygen atoms in total. The van der Waals surface area contributed by atoms with Crippen molar-refractivity contribution in [2.75, 3.05) is 13.1 Å². The van der Waals surface area contributed by atoms with Gasteiger partial charge in [0, 0.05) is 29.7 Å². The Morgan fingerprint density at radius 2 is 1.71 bits per heavy atom. The van der Waals surface area contributed by atoms with Gasteiger partial charge in [-0.3, -0.25) is 10.1 Å². The lowest BCUT2D eigenvalue weighted by molar-refractivity contribution is -0.118. The molecule has 0 unspecified atom stereocenters. The van der Waals surface area contributed by atoms with Crippen LogP contribution in [0.2, 0.25) is 0 Å². The summed E-state index contributed by atoms with van der Waals surface area (Å²) in [5.41, 5.74) is 2.69. The third-order valence-electron chi connectivity index (χ3n) is 5.35.